The number of hydrogen-bond acceptors (Lipinski definition) is 4. The van der Waals surface area contributed by atoms with Gasteiger partial charge in [-0.05, 0) is 42.5 Å². The van der Waals surface area contributed by atoms with Crippen molar-refractivity contribution in [3.05, 3.63) is 83.8 Å². The summed E-state index contributed by atoms with van der Waals surface area (Å²) in [5.41, 5.74) is 2.01. The van der Waals surface area contributed by atoms with E-state index < -0.39 is 0 Å². The standard InChI is InChI=1S/C19H14N2O2S/c20-12-14-6-8-16(9-7-14)21-19(22)18-15(10-11-23-18)13-24-17-4-2-1-3-5-17/h1-11H,13H2,(H,21,22). The number of furan rings is 1. The molecule has 3 rings (SSSR count). The summed E-state index contributed by atoms with van der Waals surface area (Å²) in [5, 5.41) is 11.6. The van der Waals surface area contributed by atoms with E-state index in [2.05, 4.69) is 5.32 Å². The van der Waals surface area contributed by atoms with Gasteiger partial charge in [-0.3, -0.25) is 4.79 Å². The lowest BCUT2D eigenvalue weighted by atomic mass is 10.2. The van der Waals surface area contributed by atoms with Gasteiger partial charge in [0.15, 0.2) is 5.76 Å². The Bertz CT molecular complexity index is 864. The van der Waals surface area contributed by atoms with E-state index in [0.29, 0.717) is 22.8 Å². The minimum Gasteiger partial charge on any atom is -0.459 e. The number of amides is 1. The molecule has 0 spiro atoms. The number of carbonyl (C=O) groups excluding carboxylic acids is 1. The first-order valence-electron chi connectivity index (χ1n) is 7.32. The third kappa shape index (κ3) is 3.86. The van der Waals surface area contributed by atoms with Crippen LogP contribution in [-0.2, 0) is 5.75 Å². The molecule has 1 heterocycles. The van der Waals surface area contributed by atoms with Crippen LogP contribution < -0.4 is 5.32 Å². The summed E-state index contributed by atoms with van der Waals surface area (Å²) in [6.07, 6.45) is 1.52. The summed E-state index contributed by atoms with van der Waals surface area (Å²) < 4.78 is 5.35. The van der Waals surface area contributed by atoms with Crippen LogP contribution in [0.15, 0.2) is 76.2 Å². The van der Waals surface area contributed by atoms with Gasteiger partial charge in [0.1, 0.15) is 0 Å². The molecular formula is C19H14N2O2S. The third-order valence-corrected chi connectivity index (χ3v) is 4.42. The lowest BCUT2D eigenvalue weighted by Crippen LogP contribution is -2.12. The maximum Gasteiger partial charge on any atom is 0.291 e. The largest absolute Gasteiger partial charge is 0.459 e. The van der Waals surface area contributed by atoms with E-state index in [1.807, 2.05) is 42.5 Å². The highest BCUT2D eigenvalue weighted by Gasteiger charge is 2.15. The Kier molecular flexibility index (Phi) is 4.99. The molecule has 2 aromatic carbocycles. The van der Waals surface area contributed by atoms with Gasteiger partial charge in [0.25, 0.3) is 5.91 Å². The maximum absolute atomic E-state index is 12.4. The smallest absolute Gasteiger partial charge is 0.291 e. The van der Waals surface area contributed by atoms with Crippen LogP contribution in [0.25, 0.3) is 0 Å². The topological polar surface area (TPSA) is 66.0 Å². The van der Waals surface area contributed by atoms with Crippen molar-refractivity contribution in [1.82, 2.24) is 0 Å². The molecule has 3 aromatic rings. The Labute approximate surface area is 144 Å². The molecule has 0 saturated carbocycles. The number of thioether (sulfide) groups is 1. The highest BCUT2D eigenvalue weighted by Crippen LogP contribution is 2.25. The fourth-order valence-corrected chi connectivity index (χ4v) is 3.04. The van der Waals surface area contributed by atoms with Crippen LogP contribution in [0.1, 0.15) is 21.7 Å². The zero-order valence-corrected chi connectivity index (χ0v) is 13.5. The Morgan fingerprint density at radius 1 is 1.08 bits per heavy atom. The Morgan fingerprint density at radius 3 is 2.54 bits per heavy atom. The molecule has 24 heavy (non-hydrogen) atoms. The lowest BCUT2D eigenvalue weighted by molar-refractivity contribution is 0.0996. The van der Waals surface area contributed by atoms with Crippen LogP contribution in [0.4, 0.5) is 5.69 Å². The van der Waals surface area contributed by atoms with Crippen LogP contribution in [0.2, 0.25) is 0 Å². The fourth-order valence-electron chi connectivity index (χ4n) is 2.14. The molecule has 0 bridgehead atoms. The first-order chi connectivity index (χ1) is 11.8. The Morgan fingerprint density at radius 2 is 1.83 bits per heavy atom. The molecule has 1 N–H and O–H groups in total. The SMILES string of the molecule is N#Cc1ccc(NC(=O)c2occc2CSc2ccccc2)cc1. The van der Waals surface area contributed by atoms with E-state index in [1.165, 1.54) is 6.26 Å². The zero-order valence-electron chi connectivity index (χ0n) is 12.7. The van der Waals surface area contributed by atoms with Gasteiger partial charge in [0, 0.05) is 21.9 Å². The minimum absolute atomic E-state index is 0.298. The van der Waals surface area contributed by atoms with Crippen LogP contribution in [0.5, 0.6) is 0 Å². The van der Waals surface area contributed by atoms with Crippen LogP contribution in [-0.4, -0.2) is 5.91 Å². The number of nitrogens with one attached hydrogen (secondary N) is 1. The second kappa shape index (κ2) is 7.53. The van der Waals surface area contributed by atoms with Gasteiger partial charge in [-0.15, -0.1) is 11.8 Å². The quantitative estimate of drug-likeness (QED) is 0.687. The number of carbonyl (C=O) groups is 1. The number of anilines is 1. The van der Waals surface area contributed by atoms with Gasteiger partial charge in [0.05, 0.1) is 17.9 Å². The van der Waals surface area contributed by atoms with Crippen molar-refractivity contribution in [2.75, 3.05) is 5.32 Å². The highest BCUT2D eigenvalue weighted by atomic mass is 32.2. The van der Waals surface area contributed by atoms with E-state index in [4.69, 9.17) is 9.68 Å². The van der Waals surface area contributed by atoms with Crippen molar-refractivity contribution >= 4 is 23.4 Å². The molecule has 1 amide bonds. The van der Waals surface area contributed by atoms with Crippen molar-refractivity contribution < 1.29 is 9.21 Å². The van der Waals surface area contributed by atoms with E-state index in [1.54, 1.807) is 36.0 Å². The first-order valence-corrected chi connectivity index (χ1v) is 8.30. The van der Waals surface area contributed by atoms with Crippen LogP contribution >= 0.6 is 11.8 Å². The van der Waals surface area contributed by atoms with Crippen molar-refractivity contribution in [3.63, 3.8) is 0 Å². The van der Waals surface area contributed by atoms with Gasteiger partial charge in [-0.25, -0.2) is 0 Å². The number of benzene rings is 2. The second-order valence-electron chi connectivity index (χ2n) is 5.02. The van der Waals surface area contributed by atoms with Gasteiger partial charge in [-0.1, -0.05) is 18.2 Å². The van der Waals surface area contributed by atoms with Gasteiger partial charge < -0.3 is 9.73 Å². The molecule has 5 heteroatoms. The molecule has 0 aliphatic carbocycles. The molecule has 0 saturated heterocycles. The number of rotatable bonds is 5. The van der Waals surface area contributed by atoms with Crippen LogP contribution in [0.3, 0.4) is 0 Å². The molecule has 0 fully saturated rings. The maximum atomic E-state index is 12.4. The summed E-state index contributed by atoms with van der Waals surface area (Å²) >= 11 is 1.64. The first kappa shape index (κ1) is 15.9. The predicted molar refractivity (Wildman–Crippen MR) is 93.8 cm³/mol. The molecule has 0 atom stereocenters. The van der Waals surface area contributed by atoms with E-state index >= 15 is 0 Å². The van der Waals surface area contributed by atoms with Crippen molar-refractivity contribution in [2.24, 2.45) is 0 Å². The van der Waals surface area contributed by atoms with Gasteiger partial charge in [0.2, 0.25) is 0 Å². The molecule has 0 unspecified atom stereocenters. The third-order valence-electron chi connectivity index (χ3n) is 3.36. The monoisotopic (exact) mass is 334 g/mol. The molecule has 118 valence electrons. The zero-order chi connectivity index (χ0) is 16.8. The molecule has 1 aromatic heterocycles. The summed E-state index contributed by atoms with van der Waals surface area (Å²) in [7, 11) is 0. The van der Waals surface area contributed by atoms with Crippen LogP contribution in [0, 0.1) is 11.3 Å². The number of nitriles is 1. The normalized spacial score (nSPS) is 10.1. The number of nitrogens with zero attached hydrogens (tertiary/aromatic N) is 1. The summed E-state index contributed by atoms with van der Waals surface area (Å²) in [6.45, 7) is 0. The summed E-state index contributed by atoms with van der Waals surface area (Å²) in [5.74, 6) is 0.660. The van der Waals surface area contributed by atoms with E-state index in [-0.39, 0.29) is 5.91 Å². The predicted octanol–water partition coefficient (Wildman–Crippen LogP) is 4.70. The fraction of sp³-hybridized carbons (Fsp3) is 0.0526. The number of hydrogen-bond donors (Lipinski definition) is 1. The highest BCUT2D eigenvalue weighted by molar-refractivity contribution is 7.98. The molecule has 4 nitrogen and oxygen atoms in total. The average molecular weight is 334 g/mol. The Hall–Kier alpha value is -2.97. The van der Waals surface area contributed by atoms with Crippen molar-refractivity contribution in [3.8, 4) is 6.07 Å². The van der Waals surface area contributed by atoms with Gasteiger partial charge >= 0.3 is 0 Å². The van der Waals surface area contributed by atoms with Crippen molar-refractivity contribution in [1.29, 1.82) is 5.26 Å². The summed E-state index contributed by atoms with van der Waals surface area (Å²) in [4.78, 5) is 13.5. The summed E-state index contributed by atoms with van der Waals surface area (Å²) in [6, 6.07) is 20.5. The average Bonchev–Trinajstić information content (AvgIpc) is 3.10. The minimum atomic E-state index is -0.298. The Balaban J connectivity index is 1.67. The molecule has 0 aliphatic heterocycles. The molecular weight excluding hydrogens is 320 g/mol. The second-order valence-corrected chi connectivity index (χ2v) is 6.07. The van der Waals surface area contributed by atoms with Crippen molar-refractivity contribution in [2.45, 2.75) is 10.6 Å². The van der Waals surface area contributed by atoms with Gasteiger partial charge in [-0.2, -0.15) is 5.26 Å². The van der Waals surface area contributed by atoms with E-state index in [0.717, 1.165) is 10.5 Å². The van der Waals surface area contributed by atoms with E-state index in [9.17, 15) is 4.79 Å². The molecule has 0 radical (unpaired) electrons. The lowest BCUT2D eigenvalue weighted by Gasteiger charge is -2.05. The molecule has 0 aliphatic rings.